The smallest absolute Gasteiger partial charge is 0.255 e. The summed E-state index contributed by atoms with van der Waals surface area (Å²) in [6, 6.07) is 5.43. The van der Waals surface area contributed by atoms with Crippen LogP contribution < -0.4 is 5.32 Å². The van der Waals surface area contributed by atoms with Crippen molar-refractivity contribution in [3.63, 3.8) is 0 Å². The van der Waals surface area contributed by atoms with Gasteiger partial charge < -0.3 is 4.74 Å². The summed E-state index contributed by atoms with van der Waals surface area (Å²) < 4.78 is 5.35. The van der Waals surface area contributed by atoms with Crippen LogP contribution in [0, 0.1) is 0 Å². The van der Waals surface area contributed by atoms with E-state index in [1.165, 1.54) is 11.3 Å². The molecule has 3 rings (SSSR count). The number of benzene rings is 1. The van der Waals surface area contributed by atoms with Gasteiger partial charge in [0.05, 0.1) is 0 Å². The highest BCUT2D eigenvalue weighted by molar-refractivity contribution is 7.15. The molecule has 7 heteroatoms. The van der Waals surface area contributed by atoms with E-state index in [1.807, 2.05) is 12.1 Å². The van der Waals surface area contributed by atoms with E-state index >= 15 is 0 Å². The molecule has 0 bridgehead atoms. The fourth-order valence-corrected chi connectivity index (χ4v) is 3.58. The Morgan fingerprint density at radius 3 is 3.05 bits per heavy atom. The lowest BCUT2D eigenvalue weighted by Crippen LogP contribution is -2.26. The van der Waals surface area contributed by atoms with Gasteiger partial charge in [0.15, 0.2) is 5.13 Å². The molecule has 1 fully saturated rings. The molecule has 0 saturated carbocycles. The molecule has 0 unspecified atom stereocenters. The minimum Gasteiger partial charge on any atom is -0.368 e. The number of nitrogens with one attached hydrogen (secondary N) is 1. The Hall–Kier alpha value is -1.14. The maximum absolute atomic E-state index is 12.0. The molecule has 1 N–H and O–H groups in total. The van der Waals surface area contributed by atoms with Crippen LogP contribution in [0.4, 0.5) is 5.13 Å². The maximum Gasteiger partial charge on any atom is 0.255 e. The second-order valence-corrected chi connectivity index (χ2v) is 6.99. The molecule has 0 radical (unpaired) electrons. The number of ether oxygens (including phenoxy) is 1. The second kappa shape index (κ2) is 6.96. The van der Waals surface area contributed by atoms with E-state index < -0.39 is 0 Å². The summed E-state index contributed by atoms with van der Waals surface area (Å²) >= 11 is 13.5. The van der Waals surface area contributed by atoms with Gasteiger partial charge in [0.2, 0.25) is 0 Å². The highest BCUT2D eigenvalue weighted by atomic mass is 35.5. The summed E-state index contributed by atoms with van der Waals surface area (Å²) in [5, 5.41) is 4.63. The van der Waals surface area contributed by atoms with E-state index in [0.717, 1.165) is 23.3 Å². The number of carbonyl (C=O) groups is 1. The molecule has 1 aliphatic heterocycles. The van der Waals surface area contributed by atoms with Crippen molar-refractivity contribution in [1.82, 2.24) is 4.98 Å². The highest BCUT2D eigenvalue weighted by Gasteiger charge is 2.24. The molecule has 2 aromatic rings. The number of rotatable bonds is 4. The van der Waals surface area contributed by atoms with Gasteiger partial charge in [0, 0.05) is 34.1 Å². The third-order valence-electron chi connectivity index (χ3n) is 3.39. The van der Waals surface area contributed by atoms with Gasteiger partial charge in [-0.2, -0.15) is 0 Å². The largest absolute Gasteiger partial charge is 0.368 e. The fourth-order valence-electron chi connectivity index (χ4n) is 2.27. The Morgan fingerprint density at radius 1 is 1.45 bits per heavy atom. The number of halogens is 2. The third-order valence-corrected chi connectivity index (χ3v) is 4.89. The Morgan fingerprint density at radius 2 is 2.32 bits per heavy atom. The molecule has 1 amide bonds. The molecule has 2 heterocycles. The summed E-state index contributed by atoms with van der Waals surface area (Å²) in [5.41, 5.74) is 0.978. The predicted molar refractivity (Wildman–Crippen MR) is 89.0 cm³/mol. The number of amides is 1. The van der Waals surface area contributed by atoms with Crippen molar-refractivity contribution in [2.45, 2.75) is 25.4 Å². The molecule has 0 aliphatic carbocycles. The van der Waals surface area contributed by atoms with Gasteiger partial charge in [-0.05, 0) is 30.5 Å². The van der Waals surface area contributed by atoms with Crippen molar-refractivity contribution >= 4 is 45.6 Å². The molecule has 1 atom stereocenters. The summed E-state index contributed by atoms with van der Waals surface area (Å²) in [7, 11) is 0. The van der Waals surface area contributed by atoms with Crippen LogP contribution in [0.5, 0.6) is 0 Å². The maximum atomic E-state index is 12.0. The first kappa shape index (κ1) is 15.7. The number of hydrogen-bond donors (Lipinski definition) is 1. The van der Waals surface area contributed by atoms with Crippen molar-refractivity contribution in [2.75, 3.05) is 11.9 Å². The SMILES string of the molecule is O=C(Nc1ncc(Cc2ccc(Cl)cc2Cl)s1)[C@H]1CCCO1. The monoisotopic (exact) mass is 356 g/mol. The van der Waals surface area contributed by atoms with E-state index in [4.69, 9.17) is 27.9 Å². The van der Waals surface area contributed by atoms with Gasteiger partial charge in [0.1, 0.15) is 6.10 Å². The van der Waals surface area contributed by atoms with E-state index in [1.54, 1.807) is 12.3 Å². The Kier molecular flexibility index (Phi) is 4.98. The molecular formula is C15H14Cl2N2O2S. The quantitative estimate of drug-likeness (QED) is 0.894. The molecule has 116 valence electrons. The zero-order chi connectivity index (χ0) is 15.5. The molecule has 0 spiro atoms. The first-order chi connectivity index (χ1) is 10.6. The summed E-state index contributed by atoms with van der Waals surface area (Å²) in [4.78, 5) is 17.2. The van der Waals surface area contributed by atoms with Gasteiger partial charge >= 0.3 is 0 Å². The summed E-state index contributed by atoms with van der Waals surface area (Å²) in [5.74, 6) is -0.122. The van der Waals surface area contributed by atoms with E-state index in [-0.39, 0.29) is 12.0 Å². The standard InChI is InChI=1S/C15H14Cl2N2O2S/c16-10-4-3-9(12(17)7-10)6-11-8-18-15(22-11)19-14(20)13-2-1-5-21-13/h3-4,7-8,13H,1-2,5-6H2,(H,18,19,20)/t13-/m1/s1. The molecule has 1 aromatic carbocycles. The normalized spacial score (nSPS) is 17.6. The zero-order valence-corrected chi connectivity index (χ0v) is 14.0. The third kappa shape index (κ3) is 3.79. The Labute approximate surface area is 142 Å². The van der Waals surface area contributed by atoms with E-state index in [9.17, 15) is 4.79 Å². The fraction of sp³-hybridized carbons (Fsp3) is 0.333. The van der Waals surface area contributed by atoms with Gasteiger partial charge in [-0.25, -0.2) is 4.98 Å². The van der Waals surface area contributed by atoms with Crippen LogP contribution in [0.15, 0.2) is 24.4 Å². The van der Waals surface area contributed by atoms with Crippen LogP contribution in [0.3, 0.4) is 0 Å². The number of thiazole rings is 1. The molecule has 22 heavy (non-hydrogen) atoms. The second-order valence-electron chi connectivity index (χ2n) is 5.04. The number of hydrogen-bond acceptors (Lipinski definition) is 4. The molecule has 1 aliphatic rings. The van der Waals surface area contributed by atoms with Crippen molar-refractivity contribution in [1.29, 1.82) is 0 Å². The minimum absolute atomic E-state index is 0.122. The first-order valence-corrected chi connectivity index (χ1v) is 8.50. The lowest BCUT2D eigenvalue weighted by atomic mass is 10.1. The van der Waals surface area contributed by atoms with Crippen LogP contribution in [0.1, 0.15) is 23.3 Å². The average molecular weight is 357 g/mol. The van der Waals surface area contributed by atoms with Crippen LogP contribution in [-0.2, 0) is 16.0 Å². The zero-order valence-electron chi connectivity index (χ0n) is 11.6. The van der Waals surface area contributed by atoms with Crippen molar-refractivity contribution < 1.29 is 9.53 Å². The van der Waals surface area contributed by atoms with Crippen molar-refractivity contribution in [3.05, 3.63) is 44.9 Å². The van der Waals surface area contributed by atoms with Crippen LogP contribution in [0.2, 0.25) is 10.0 Å². The van der Waals surface area contributed by atoms with Gasteiger partial charge in [-0.3, -0.25) is 10.1 Å². The van der Waals surface area contributed by atoms with E-state index in [0.29, 0.717) is 28.2 Å². The van der Waals surface area contributed by atoms with Crippen molar-refractivity contribution in [3.8, 4) is 0 Å². The number of nitrogens with zero attached hydrogens (tertiary/aromatic N) is 1. The van der Waals surface area contributed by atoms with E-state index in [2.05, 4.69) is 10.3 Å². The number of aromatic nitrogens is 1. The molecule has 1 saturated heterocycles. The molecular weight excluding hydrogens is 343 g/mol. The first-order valence-electron chi connectivity index (χ1n) is 6.93. The van der Waals surface area contributed by atoms with Gasteiger partial charge in [-0.15, -0.1) is 11.3 Å². The van der Waals surface area contributed by atoms with Gasteiger partial charge in [0.25, 0.3) is 5.91 Å². The lowest BCUT2D eigenvalue weighted by molar-refractivity contribution is -0.124. The topological polar surface area (TPSA) is 51.2 Å². The molecule has 4 nitrogen and oxygen atoms in total. The Balaban J connectivity index is 1.64. The minimum atomic E-state index is -0.349. The van der Waals surface area contributed by atoms with Gasteiger partial charge in [-0.1, -0.05) is 29.3 Å². The average Bonchev–Trinajstić information content (AvgIpc) is 3.13. The Bertz CT molecular complexity index is 684. The molecule has 1 aromatic heterocycles. The summed E-state index contributed by atoms with van der Waals surface area (Å²) in [6.07, 6.45) is 3.75. The number of anilines is 1. The lowest BCUT2D eigenvalue weighted by Gasteiger charge is -2.07. The highest BCUT2D eigenvalue weighted by Crippen LogP contribution is 2.27. The predicted octanol–water partition coefficient (Wildman–Crippen LogP) is 4.16. The number of carbonyl (C=O) groups excluding carboxylic acids is 1. The van der Waals surface area contributed by atoms with Crippen LogP contribution in [0.25, 0.3) is 0 Å². The summed E-state index contributed by atoms with van der Waals surface area (Å²) in [6.45, 7) is 0.649. The van der Waals surface area contributed by atoms with Crippen molar-refractivity contribution in [2.24, 2.45) is 0 Å². The van der Waals surface area contributed by atoms with Crippen LogP contribution in [-0.4, -0.2) is 23.6 Å². The van der Waals surface area contributed by atoms with Crippen LogP contribution >= 0.6 is 34.5 Å².